The summed E-state index contributed by atoms with van der Waals surface area (Å²) in [5, 5.41) is 14.7. The largest absolute Gasteiger partial charge is 0.496 e. The van der Waals surface area contributed by atoms with Gasteiger partial charge >= 0.3 is 0 Å². The molecule has 1 unspecified atom stereocenters. The number of para-hydroxylation sites is 1. The van der Waals surface area contributed by atoms with Crippen LogP contribution in [0, 0.1) is 0 Å². The van der Waals surface area contributed by atoms with Crippen molar-refractivity contribution in [1.82, 2.24) is 0 Å². The number of hydrogen-bond acceptors (Lipinski definition) is 3. The van der Waals surface area contributed by atoms with E-state index in [1.165, 1.54) is 0 Å². The molecule has 0 radical (unpaired) electrons. The number of benzene rings is 1. The number of hydrogen-bond donors (Lipinski definition) is 1. The molecular weight excluding hydrogens is 232 g/mol. The second-order valence-electron chi connectivity index (χ2n) is 4.28. The van der Waals surface area contributed by atoms with Crippen LogP contribution in [0.3, 0.4) is 0 Å². The summed E-state index contributed by atoms with van der Waals surface area (Å²) >= 11 is 1.64. The van der Waals surface area contributed by atoms with Gasteiger partial charge in [0.15, 0.2) is 0 Å². The molecule has 1 aromatic heterocycles. The van der Waals surface area contributed by atoms with Crippen LogP contribution < -0.4 is 4.74 Å². The van der Waals surface area contributed by atoms with Crippen molar-refractivity contribution in [2.45, 2.75) is 18.9 Å². The summed E-state index contributed by atoms with van der Waals surface area (Å²) < 4.78 is 5.29. The zero-order valence-electron chi connectivity index (χ0n) is 10.0. The van der Waals surface area contributed by atoms with Crippen LogP contribution in [0.5, 0.6) is 5.75 Å². The van der Waals surface area contributed by atoms with Crippen LogP contribution in [-0.2, 0) is 12.0 Å². The van der Waals surface area contributed by atoms with Gasteiger partial charge in [0.2, 0.25) is 0 Å². The highest BCUT2D eigenvalue weighted by Crippen LogP contribution is 2.32. The molecule has 2 nitrogen and oxygen atoms in total. The van der Waals surface area contributed by atoms with E-state index in [1.54, 1.807) is 18.4 Å². The molecular formula is C14H16O2S. The van der Waals surface area contributed by atoms with Crippen LogP contribution in [0.15, 0.2) is 41.1 Å². The van der Waals surface area contributed by atoms with Crippen molar-refractivity contribution in [3.05, 3.63) is 52.2 Å². The van der Waals surface area contributed by atoms with E-state index in [-0.39, 0.29) is 0 Å². The van der Waals surface area contributed by atoms with Crippen molar-refractivity contribution in [3.8, 4) is 5.75 Å². The van der Waals surface area contributed by atoms with Gasteiger partial charge in [0.25, 0.3) is 0 Å². The maximum absolute atomic E-state index is 10.6. The molecule has 0 bridgehead atoms. The third-order valence-corrected chi connectivity index (χ3v) is 3.55. The van der Waals surface area contributed by atoms with Gasteiger partial charge in [-0.15, -0.1) is 0 Å². The predicted molar refractivity (Wildman–Crippen MR) is 70.6 cm³/mol. The monoisotopic (exact) mass is 248 g/mol. The standard InChI is InChI=1S/C14H16O2S/c1-14(15,9-11-7-8-17-10-11)12-5-3-4-6-13(12)16-2/h3-8,10,15H,9H2,1-2H3. The molecule has 90 valence electrons. The van der Waals surface area contributed by atoms with Gasteiger partial charge in [0.1, 0.15) is 5.75 Å². The third-order valence-electron chi connectivity index (χ3n) is 2.82. The lowest BCUT2D eigenvalue weighted by Crippen LogP contribution is -2.24. The summed E-state index contributed by atoms with van der Waals surface area (Å²) in [6.45, 7) is 1.82. The van der Waals surface area contributed by atoms with E-state index < -0.39 is 5.60 Å². The van der Waals surface area contributed by atoms with Gasteiger partial charge in [0, 0.05) is 12.0 Å². The minimum absolute atomic E-state index is 0.594. The third kappa shape index (κ3) is 2.68. The second-order valence-corrected chi connectivity index (χ2v) is 5.06. The van der Waals surface area contributed by atoms with Crippen LogP contribution >= 0.6 is 11.3 Å². The summed E-state index contributed by atoms with van der Waals surface area (Å²) in [5.41, 5.74) is 1.06. The van der Waals surface area contributed by atoms with Gasteiger partial charge in [-0.25, -0.2) is 0 Å². The Morgan fingerprint density at radius 3 is 2.71 bits per heavy atom. The van der Waals surface area contributed by atoms with E-state index in [2.05, 4.69) is 5.38 Å². The highest BCUT2D eigenvalue weighted by Gasteiger charge is 2.26. The maximum atomic E-state index is 10.6. The van der Waals surface area contributed by atoms with E-state index in [0.29, 0.717) is 6.42 Å². The average Bonchev–Trinajstić information content (AvgIpc) is 2.81. The van der Waals surface area contributed by atoms with E-state index >= 15 is 0 Å². The molecule has 0 aliphatic heterocycles. The van der Waals surface area contributed by atoms with Gasteiger partial charge in [-0.1, -0.05) is 18.2 Å². The van der Waals surface area contributed by atoms with Gasteiger partial charge in [-0.3, -0.25) is 0 Å². The lowest BCUT2D eigenvalue weighted by molar-refractivity contribution is 0.0551. The maximum Gasteiger partial charge on any atom is 0.124 e. The van der Waals surface area contributed by atoms with Crippen LogP contribution in [0.2, 0.25) is 0 Å². The summed E-state index contributed by atoms with van der Waals surface area (Å²) in [5.74, 6) is 0.729. The van der Waals surface area contributed by atoms with Gasteiger partial charge in [0.05, 0.1) is 12.7 Å². The van der Waals surface area contributed by atoms with Crippen molar-refractivity contribution in [2.75, 3.05) is 7.11 Å². The molecule has 3 heteroatoms. The normalized spacial score (nSPS) is 14.3. The lowest BCUT2D eigenvalue weighted by atomic mass is 9.89. The number of rotatable bonds is 4. The van der Waals surface area contributed by atoms with Crippen LogP contribution in [0.4, 0.5) is 0 Å². The minimum atomic E-state index is -0.909. The van der Waals surface area contributed by atoms with E-state index in [4.69, 9.17) is 4.74 Å². The fourth-order valence-corrected chi connectivity index (χ4v) is 2.64. The molecule has 2 aromatic rings. The Labute approximate surface area is 105 Å². The molecule has 1 heterocycles. The molecule has 1 atom stereocenters. The van der Waals surface area contributed by atoms with E-state index in [0.717, 1.165) is 16.9 Å². The zero-order chi connectivity index (χ0) is 12.3. The van der Waals surface area contributed by atoms with Crippen molar-refractivity contribution in [3.63, 3.8) is 0 Å². The molecule has 17 heavy (non-hydrogen) atoms. The number of methoxy groups -OCH3 is 1. The van der Waals surface area contributed by atoms with Crippen molar-refractivity contribution >= 4 is 11.3 Å². The molecule has 0 saturated heterocycles. The Kier molecular flexibility index (Phi) is 3.50. The van der Waals surface area contributed by atoms with Crippen LogP contribution in [0.1, 0.15) is 18.1 Å². The quantitative estimate of drug-likeness (QED) is 0.900. The average molecular weight is 248 g/mol. The van der Waals surface area contributed by atoms with Gasteiger partial charge in [-0.2, -0.15) is 11.3 Å². The number of aliphatic hydroxyl groups is 1. The fraction of sp³-hybridized carbons (Fsp3) is 0.286. The van der Waals surface area contributed by atoms with Crippen LogP contribution in [0.25, 0.3) is 0 Å². The lowest BCUT2D eigenvalue weighted by Gasteiger charge is -2.25. The smallest absolute Gasteiger partial charge is 0.124 e. The summed E-state index contributed by atoms with van der Waals surface area (Å²) in [4.78, 5) is 0. The van der Waals surface area contributed by atoms with Crippen LogP contribution in [-0.4, -0.2) is 12.2 Å². The van der Waals surface area contributed by atoms with Crippen molar-refractivity contribution in [1.29, 1.82) is 0 Å². The Morgan fingerprint density at radius 1 is 1.29 bits per heavy atom. The van der Waals surface area contributed by atoms with E-state index in [9.17, 15) is 5.11 Å². The molecule has 1 aromatic carbocycles. The Morgan fingerprint density at radius 2 is 2.06 bits per heavy atom. The molecule has 0 amide bonds. The molecule has 2 rings (SSSR count). The SMILES string of the molecule is COc1ccccc1C(C)(O)Cc1ccsc1. The predicted octanol–water partition coefficient (Wildman–Crippen LogP) is 3.21. The number of thiophene rings is 1. The highest BCUT2D eigenvalue weighted by molar-refractivity contribution is 7.07. The highest BCUT2D eigenvalue weighted by atomic mass is 32.1. The topological polar surface area (TPSA) is 29.5 Å². The first-order valence-corrected chi connectivity index (χ1v) is 6.45. The Hall–Kier alpha value is -1.32. The fourth-order valence-electron chi connectivity index (χ4n) is 1.98. The first-order valence-electron chi connectivity index (χ1n) is 5.50. The van der Waals surface area contributed by atoms with Crippen molar-refractivity contribution in [2.24, 2.45) is 0 Å². The van der Waals surface area contributed by atoms with Gasteiger partial charge in [-0.05, 0) is 35.4 Å². The molecule has 0 fully saturated rings. The summed E-state index contributed by atoms with van der Waals surface area (Å²) in [6.07, 6.45) is 0.594. The molecule has 1 N–H and O–H groups in total. The first kappa shape index (κ1) is 12.1. The number of ether oxygens (including phenoxy) is 1. The Balaban J connectivity index is 2.30. The van der Waals surface area contributed by atoms with Crippen molar-refractivity contribution < 1.29 is 9.84 Å². The second kappa shape index (κ2) is 4.90. The summed E-state index contributed by atoms with van der Waals surface area (Å²) in [6, 6.07) is 9.64. The van der Waals surface area contributed by atoms with E-state index in [1.807, 2.05) is 42.6 Å². The summed E-state index contributed by atoms with van der Waals surface area (Å²) in [7, 11) is 1.62. The molecule has 0 aliphatic carbocycles. The molecule has 0 aliphatic rings. The molecule has 0 spiro atoms. The molecule has 0 saturated carbocycles. The van der Waals surface area contributed by atoms with Gasteiger partial charge < -0.3 is 9.84 Å². The Bertz CT molecular complexity index is 475. The minimum Gasteiger partial charge on any atom is -0.496 e. The first-order chi connectivity index (χ1) is 8.13. The zero-order valence-corrected chi connectivity index (χ0v) is 10.8.